The van der Waals surface area contributed by atoms with Gasteiger partial charge in [-0.2, -0.15) is 0 Å². The molecule has 0 fully saturated rings. The molecule has 0 amide bonds. The van der Waals surface area contributed by atoms with Crippen LogP contribution in [0.2, 0.25) is 0 Å². The Balaban J connectivity index is 0.00000348. The van der Waals surface area contributed by atoms with Gasteiger partial charge in [0.15, 0.2) is 0 Å². The minimum absolute atomic E-state index is 0. The number of aliphatic imine (C=N–C) groups is 2. The Morgan fingerprint density at radius 2 is 1.06 bits per heavy atom. The van der Waals surface area contributed by atoms with E-state index in [2.05, 4.69) is 180 Å². The molecule has 9 rings (SSSR count). The van der Waals surface area contributed by atoms with Gasteiger partial charge in [-0.25, -0.2) is 9.98 Å². The van der Waals surface area contributed by atoms with Gasteiger partial charge in [0, 0.05) is 33.1 Å². The molecule has 49 heavy (non-hydrogen) atoms. The second-order valence-electron chi connectivity index (χ2n) is 12.4. The molecule has 0 saturated heterocycles. The van der Waals surface area contributed by atoms with Crippen LogP contribution in [0.15, 0.2) is 197 Å². The standard InChI is InChI=1S/C44H32N4.Zn/c1-5-13-30(14-6-1)41-36-22-21-34(45-36)29-35-27-28-44(48-35,33-19-11-4-12-20-33)43(32-17-9-3-10-18-32)40-26-25-39(47-40)42(31-15-7-2-8-16-31)38-24-23-37(41)46-38;/h1-27,29,46,48H,28H2;/q;+2. The molecule has 4 aliphatic heterocycles. The first kappa shape index (κ1) is 30.7. The average Bonchev–Trinajstić information content (AvgIpc) is 3.97. The van der Waals surface area contributed by atoms with Gasteiger partial charge in [-0.15, -0.1) is 0 Å². The maximum atomic E-state index is 5.48. The predicted octanol–water partition coefficient (Wildman–Crippen LogP) is 7.51. The zero-order chi connectivity index (χ0) is 31.9. The van der Waals surface area contributed by atoms with Crippen molar-refractivity contribution in [3.8, 4) is 0 Å². The molecular formula is C44H32N4Zn+2. The van der Waals surface area contributed by atoms with Crippen molar-refractivity contribution in [1.29, 1.82) is 0 Å². The van der Waals surface area contributed by atoms with Gasteiger partial charge >= 0.3 is 19.5 Å². The third-order valence-corrected chi connectivity index (χ3v) is 9.46. The molecule has 5 heteroatoms. The second-order valence-corrected chi connectivity index (χ2v) is 12.4. The van der Waals surface area contributed by atoms with Crippen molar-refractivity contribution in [2.75, 3.05) is 0 Å². The van der Waals surface area contributed by atoms with Crippen LogP contribution < -0.4 is 16.0 Å². The van der Waals surface area contributed by atoms with E-state index in [0.717, 1.165) is 79.0 Å². The topological polar surface area (TPSA) is 52.5 Å². The van der Waals surface area contributed by atoms with Crippen molar-refractivity contribution in [3.05, 3.63) is 220 Å². The van der Waals surface area contributed by atoms with E-state index in [1.807, 2.05) is 0 Å². The summed E-state index contributed by atoms with van der Waals surface area (Å²) >= 11 is 0. The number of nitrogens with zero attached hydrogens (tertiary/aromatic N) is 2. The first-order chi connectivity index (χ1) is 23.7. The van der Waals surface area contributed by atoms with E-state index in [-0.39, 0.29) is 19.5 Å². The molecule has 0 spiro atoms. The van der Waals surface area contributed by atoms with E-state index in [1.165, 1.54) is 5.56 Å². The Morgan fingerprint density at radius 1 is 0.531 bits per heavy atom. The van der Waals surface area contributed by atoms with Crippen LogP contribution in [0.4, 0.5) is 0 Å². The van der Waals surface area contributed by atoms with Crippen molar-refractivity contribution in [2.24, 2.45) is 9.98 Å². The van der Waals surface area contributed by atoms with E-state index in [9.17, 15) is 0 Å². The van der Waals surface area contributed by atoms with Crippen molar-refractivity contribution in [1.82, 2.24) is 10.3 Å². The van der Waals surface area contributed by atoms with Gasteiger partial charge in [0.05, 0.1) is 28.4 Å². The molecule has 5 aromatic rings. The van der Waals surface area contributed by atoms with E-state index in [1.54, 1.807) is 0 Å². The first-order valence-corrected chi connectivity index (χ1v) is 16.4. The fourth-order valence-electron chi connectivity index (χ4n) is 7.32. The Hall–Kier alpha value is -5.64. The molecule has 1 atom stereocenters. The van der Waals surface area contributed by atoms with Crippen LogP contribution in [0.5, 0.6) is 0 Å². The van der Waals surface area contributed by atoms with Crippen molar-refractivity contribution < 1.29 is 19.5 Å². The van der Waals surface area contributed by atoms with Crippen molar-refractivity contribution >= 4 is 28.1 Å². The quantitative estimate of drug-likeness (QED) is 0.190. The summed E-state index contributed by atoms with van der Waals surface area (Å²) in [5.41, 5.74) is 12.0. The van der Waals surface area contributed by atoms with E-state index in [4.69, 9.17) is 9.98 Å². The maximum Gasteiger partial charge on any atom is 2.00 e. The minimum Gasteiger partial charge on any atom is -0.371 e. The normalized spacial score (nSPS) is 19.2. The monoisotopic (exact) mass is 680 g/mol. The molecule has 1 aromatic heterocycles. The Labute approximate surface area is 298 Å². The number of benzene rings is 4. The van der Waals surface area contributed by atoms with Gasteiger partial charge in [-0.1, -0.05) is 127 Å². The summed E-state index contributed by atoms with van der Waals surface area (Å²) in [4.78, 5) is 14.5. The third kappa shape index (κ3) is 5.47. The molecule has 0 radical (unpaired) electrons. The minimum atomic E-state index is -0.548. The van der Waals surface area contributed by atoms with Crippen LogP contribution in [0, 0.1) is 0 Å². The van der Waals surface area contributed by atoms with E-state index >= 15 is 0 Å². The largest absolute Gasteiger partial charge is 2.00 e. The van der Waals surface area contributed by atoms with Gasteiger partial charge in [-0.3, -0.25) is 0 Å². The van der Waals surface area contributed by atoms with Gasteiger partial charge in [0.1, 0.15) is 0 Å². The number of allylic oxidation sites excluding steroid dienone is 5. The third-order valence-electron chi connectivity index (χ3n) is 9.46. The summed E-state index contributed by atoms with van der Waals surface area (Å²) in [5, 5.41) is 6.01. The van der Waals surface area contributed by atoms with Crippen LogP contribution in [-0.2, 0) is 25.0 Å². The summed E-state index contributed by atoms with van der Waals surface area (Å²) in [7, 11) is 0. The second kappa shape index (κ2) is 12.8. The van der Waals surface area contributed by atoms with Gasteiger partial charge < -0.3 is 10.3 Å². The SMILES string of the molecule is C1=CC2=NC1=CC1=CCC(c3ccccc3)(N1)C(c1ccccc1)=C1C=CC(=N1)C(c1ccccc1)=c1ccc([nH]1)=C2c1ccccc1.[Zn+2]. The number of H-pyrrole nitrogens is 1. The van der Waals surface area contributed by atoms with Crippen LogP contribution in [0.3, 0.4) is 0 Å². The van der Waals surface area contributed by atoms with Crippen molar-refractivity contribution in [3.63, 3.8) is 0 Å². The summed E-state index contributed by atoms with van der Waals surface area (Å²) in [6.45, 7) is 0. The molecule has 4 aliphatic rings. The van der Waals surface area contributed by atoms with Crippen LogP contribution in [0.1, 0.15) is 28.7 Å². The van der Waals surface area contributed by atoms with Gasteiger partial charge in [0.25, 0.3) is 0 Å². The molecule has 1 unspecified atom stereocenters. The molecule has 228 valence electrons. The average molecular weight is 682 g/mol. The fraction of sp³-hybridized carbons (Fsp3) is 0.0455. The first-order valence-electron chi connectivity index (χ1n) is 16.4. The summed E-state index contributed by atoms with van der Waals surface area (Å²) in [6, 6.07) is 46.8. The van der Waals surface area contributed by atoms with Gasteiger partial charge in [0.2, 0.25) is 0 Å². The van der Waals surface area contributed by atoms with Crippen molar-refractivity contribution in [2.45, 2.75) is 12.0 Å². The molecule has 0 aliphatic carbocycles. The molecular weight excluding hydrogens is 650 g/mol. The zero-order valence-electron chi connectivity index (χ0n) is 27.0. The Kier molecular flexibility index (Phi) is 7.99. The number of hydrogen-bond acceptors (Lipinski definition) is 3. The summed E-state index contributed by atoms with van der Waals surface area (Å²) < 4.78 is 0. The maximum absolute atomic E-state index is 5.48. The zero-order valence-corrected chi connectivity index (χ0v) is 29.9. The summed E-state index contributed by atoms with van der Waals surface area (Å²) in [6.07, 6.45) is 13.8. The molecule has 5 heterocycles. The number of rotatable bonds is 4. The molecule has 8 bridgehead atoms. The molecule has 2 N–H and O–H groups in total. The van der Waals surface area contributed by atoms with Crippen LogP contribution in [-0.4, -0.2) is 16.4 Å². The Morgan fingerprint density at radius 3 is 1.67 bits per heavy atom. The number of nitrogens with one attached hydrogen (secondary N) is 2. The number of aromatic nitrogens is 1. The van der Waals surface area contributed by atoms with E-state index < -0.39 is 5.54 Å². The number of fused-ring (bicyclic) bond motifs is 6. The molecule has 4 nitrogen and oxygen atoms in total. The predicted molar refractivity (Wildman–Crippen MR) is 196 cm³/mol. The van der Waals surface area contributed by atoms with Crippen LogP contribution >= 0.6 is 0 Å². The van der Waals surface area contributed by atoms with Crippen LogP contribution in [0.25, 0.3) is 16.7 Å². The summed E-state index contributed by atoms with van der Waals surface area (Å²) in [5.74, 6) is 0. The fourth-order valence-corrected chi connectivity index (χ4v) is 7.32. The van der Waals surface area contributed by atoms with Gasteiger partial charge in [-0.05, 0) is 71.2 Å². The molecule has 4 aromatic carbocycles. The van der Waals surface area contributed by atoms with E-state index in [0.29, 0.717) is 0 Å². The Bertz CT molecular complexity index is 2410. The smallest absolute Gasteiger partial charge is 0.371 e. The number of hydrogen-bond donors (Lipinski definition) is 2. The number of aromatic amines is 1. The molecule has 0 saturated carbocycles.